The van der Waals surface area contributed by atoms with Crippen LogP contribution in [0.5, 0.6) is 0 Å². The zero-order valence-electron chi connectivity index (χ0n) is 17.3. The van der Waals surface area contributed by atoms with Crippen molar-refractivity contribution in [1.29, 1.82) is 0 Å². The van der Waals surface area contributed by atoms with Crippen LogP contribution in [0.25, 0.3) is 0 Å². The van der Waals surface area contributed by atoms with Gasteiger partial charge in [-0.3, -0.25) is 4.79 Å². The highest BCUT2D eigenvalue weighted by Gasteiger charge is 2.41. The molecule has 0 bridgehead atoms. The lowest BCUT2D eigenvalue weighted by Crippen LogP contribution is -2.38. The molecule has 3 aromatic carbocycles. The highest BCUT2D eigenvalue weighted by atomic mass is 16.7. The number of Topliss-reactive ketones (excluding diaryl/α,β-unsaturated/α-hetero) is 1. The normalized spacial score (nSPS) is 18.3. The van der Waals surface area contributed by atoms with Gasteiger partial charge >= 0.3 is 0 Å². The summed E-state index contributed by atoms with van der Waals surface area (Å²) in [5.74, 6) is -0.886. The SMILES string of the molecule is CC1(C)OC[C@@H](C(=O)COC(c2ccccc2)(c2ccccc2)c2ccccc2)O1. The van der Waals surface area contributed by atoms with Crippen LogP contribution in [0.2, 0.25) is 0 Å². The second kappa shape index (κ2) is 8.52. The van der Waals surface area contributed by atoms with Crippen molar-refractivity contribution in [1.82, 2.24) is 0 Å². The van der Waals surface area contributed by atoms with E-state index in [-0.39, 0.29) is 19.0 Å². The molecule has 4 heteroatoms. The number of carbonyl (C=O) groups excluding carboxylic acids is 1. The molecule has 1 saturated heterocycles. The maximum Gasteiger partial charge on any atom is 0.189 e. The summed E-state index contributed by atoms with van der Waals surface area (Å²) < 4.78 is 17.8. The first-order valence-corrected chi connectivity index (χ1v) is 10.2. The van der Waals surface area contributed by atoms with Gasteiger partial charge in [0.15, 0.2) is 11.6 Å². The van der Waals surface area contributed by atoms with Gasteiger partial charge in [-0.25, -0.2) is 0 Å². The van der Waals surface area contributed by atoms with Crippen molar-refractivity contribution in [2.24, 2.45) is 0 Å². The van der Waals surface area contributed by atoms with Gasteiger partial charge in [0, 0.05) is 0 Å². The Hall–Kier alpha value is -2.79. The highest BCUT2D eigenvalue weighted by Crippen LogP contribution is 2.40. The quantitative estimate of drug-likeness (QED) is 0.537. The Bertz CT molecular complexity index is 871. The molecule has 4 rings (SSSR count). The minimum absolute atomic E-state index is 0.0945. The van der Waals surface area contributed by atoms with E-state index in [0.717, 1.165) is 16.7 Å². The number of ketones is 1. The van der Waals surface area contributed by atoms with Gasteiger partial charge < -0.3 is 14.2 Å². The van der Waals surface area contributed by atoms with E-state index < -0.39 is 17.5 Å². The lowest BCUT2D eigenvalue weighted by Gasteiger charge is -2.36. The van der Waals surface area contributed by atoms with Crippen LogP contribution in [0, 0.1) is 0 Å². The first-order valence-electron chi connectivity index (χ1n) is 10.2. The second-order valence-electron chi connectivity index (χ2n) is 7.85. The predicted octanol–water partition coefficient (Wildman–Crippen LogP) is 4.72. The van der Waals surface area contributed by atoms with Crippen LogP contribution in [-0.4, -0.2) is 30.9 Å². The number of benzene rings is 3. The van der Waals surface area contributed by atoms with Crippen LogP contribution in [0.3, 0.4) is 0 Å². The zero-order valence-corrected chi connectivity index (χ0v) is 17.3. The van der Waals surface area contributed by atoms with E-state index in [1.54, 1.807) is 0 Å². The van der Waals surface area contributed by atoms with Crippen LogP contribution in [0.4, 0.5) is 0 Å². The number of hydrogen-bond acceptors (Lipinski definition) is 4. The van der Waals surface area contributed by atoms with Crippen LogP contribution < -0.4 is 0 Å². The Morgan fingerprint density at radius 3 is 1.67 bits per heavy atom. The highest BCUT2D eigenvalue weighted by molar-refractivity contribution is 5.84. The Kier molecular flexibility index (Phi) is 5.82. The molecule has 154 valence electrons. The van der Waals surface area contributed by atoms with E-state index in [2.05, 4.69) is 0 Å². The first kappa shape index (κ1) is 20.5. The zero-order chi connectivity index (χ0) is 21.0. The fourth-order valence-electron chi connectivity index (χ4n) is 3.89. The summed E-state index contributed by atoms with van der Waals surface area (Å²) in [7, 11) is 0. The van der Waals surface area contributed by atoms with Gasteiger partial charge in [0.25, 0.3) is 0 Å². The summed E-state index contributed by atoms with van der Waals surface area (Å²) >= 11 is 0. The molecule has 0 spiro atoms. The Balaban J connectivity index is 1.74. The van der Waals surface area contributed by atoms with E-state index in [4.69, 9.17) is 14.2 Å². The van der Waals surface area contributed by atoms with E-state index in [9.17, 15) is 4.79 Å². The molecule has 1 aliphatic rings. The van der Waals surface area contributed by atoms with Crippen molar-refractivity contribution in [2.75, 3.05) is 13.2 Å². The van der Waals surface area contributed by atoms with Crippen molar-refractivity contribution in [3.63, 3.8) is 0 Å². The van der Waals surface area contributed by atoms with Crippen LogP contribution in [0.1, 0.15) is 30.5 Å². The molecule has 30 heavy (non-hydrogen) atoms. The van der Waals surface area contributed by atoms with Gasteiger partial charge in [-0.05, 0) is 30.5 Å². The predicted molar refractivity (Wildman–Crippen MR) is 115 cm³/mol. The fourth-order valence-corrected chi connectivity index (χ4v) is 3.89. The second-order valence-corrected chi connectivity index (χ2v) is 7.85. The average molecular weight is 402 g/mol. The van der Waals surface area contributed by atoms with E-state index in [1.165, 1.54) is 0 Å². The van der Waals surface area contributed by atoms with Gasteiger partial charge in [-0.2, -0.15) is 0 Å². The van der Waals surface area contributed by atoms with Crippen molar-refractivity contribution < 1.29 is 19.0 Å². The molecule has 0 amide bonds. The number of carbonyl (C=O) groups is 1. The van der Waals surface area contributed by atoms with Crippen molar-refractivity contribution in [3.05, 3.63) is 108 Å². The monoisotopic (exact) mass is 402 g/mol. The van der Waals surface area contributed by atoms with Crippen molar-refractivity contribution in [3.8, 4) is 0 Å². The van der Waals surface area contributed by atoms with Gasteiger partial charge in [-0.1, -0.05) is 91.0 Å². The largest absolute Gasteiger partial charge is 0.353 e. The molecule has 4 nitrogen and oxygen atoms in total. The topological polar surface area (TPSA) is 44.8 Å². The minimum atomic E-state index is -0.922. The molecule has 0 N–H and O–H groups in total. The molecule has 3 aromatic rings. The third kappa shape index (κ3) is 4.08. The molecule has 0 saturated carbocycles. The summed E-state index contributed by atoms with van der Waals surface area (Å²) in [4.78, 5) is 12.9. The molecule has 0 aliphatic carbocycles. The molecule has 1 atom stereocenters. The number of ether oxygens (including phenoxy) is 3. The molecule has 1 aliphatic heterocycles. The Morgan fingerprint density at radius 1 is 0.867 bits per heavy atom. The van der Waals surface area contributed by atoms with Crippen LogP contribution in [-0.2, 0) is 24.6 Å². The van der Waals surface area contributed by atoms with Gasteiger partial charge in [-0.15, -0.1) is 0 Å². The summed E-state index contributed by atoms with van der Waals surface area (Å²) in [6.45, 7) is 3.76. The van der Waals surface area contributed by atoms with Gasteiger partial charge in [0.05, 0.1) is 6.61 Å². The van der Waals surface area contributed by atoms with E-state index in [0.29, 0.717) is 0 Å². The lowest BCUT2D eigenvalue weighted by molar-refractivity contribution is -0.156. The third-order valence-corrected chi connectivity index (χ3v) is 5.34. The van der Waals surface area contributed by atoms with Crippen molar-refractivity contribution >= 4 is 5.78 Å². The van der Waals surface area contributed by atoms with Gasteiger partial charge in [0.2, 0.25) is 0 Å². The molecular weight excluding hydrogens is 376 g/mol. The van der Waals surface area contributed by atoms with Crippen molar-refractivity contribution in [2.45, 2.75) is 31.3 Å². The summed E-state index contributed by atoms with van der Waals surface area (Å²) in [5.41, 5.74) is 1.95. The molecule has 1 heterocycles. The van der Waals surface area contributed by atoms with Crippen LogP contribution >= 0.6 is 0 Å². The number of rotatable bonds is 7. The van der Waals surface area contributed by atoms with Crippen LogP contribution in [0.15, 0.2) is 91.0 Å². The lowest BCUT2D eigenvalue weighted by atomic mass is 9.80. The molecule has 0 unspecified atom stereocenters. The summed E-state index contributed by atoms with van der Waals surface area (Å²) in [5, 5.41) is 0. The van der Waals surface area contributed by atoms with Gasteiger partial charge in [0.1, 0.15) is 18.3 Å². The number of hydrogen-bond donors (Lipinski definition) is 0. The molecular formula is C26H26O4. The summed E-state index contributed by atoms with van der Waals surface area (Å²) in [6, 6.07) is 30.0. The molecule has 0 radical (unpaired) electrons. The third-order valence-electron chi connectivity index (χ3n) is 5.34. The average Bonchev–Trinajstić information content (AvgIpc) is 3.16. The fraction of sp³-hybridized carbons (Fsp3) is 0.269. The van der Waals surface area contributed by atoms with E-state index in [1.807, 2.05) is 105 Å². The molecule has 0 aromatic heterocycles. The maximum atomic E-state index is 12.9. The smallest absolute Gasteiger partial charge is 0.189 e. The molecule has 1 fully saturated rings. The Morgan fingerprint density at radius 2 is 1.30 bits per heavy atom. The minimum Gasteiger partial charge on any atom is -0.353 e. The standard InChI is InChI=1S/C26H26O4/c1-25(2)28-19-24(30-25)23(27)18-29-26(20-12-6-3-7-13-20,21-14-8-4-9-15-21)22-16-10-5-11-17-22/h3-17,24H,18-19H2,1-2H3/t24-/m0/s1. The Labute approximate surface area is 177 Å². The summed E-state index contributed by atoms with van der Waals surface area (Å²) in [6.07, 6.45) is -0.625. The van der Waals surface area contributed by atoms with E-state index >= 15 is 0 Å². The first-order chi connectivity index (χ1) is 14.5. The maximum absolute atomic E-state index is 12.9.